The number of ether oxygens (including phenoxy) is 1. The van der Waals surface area contributed by atoms with Crippen molar-refractivity contribution in [3.63, 3.8) is 0 Å². The minimum absolute atomic E-state index is 0.268. The van der Waals surface area contributed by atoms with Crippen LogP contribution in [0, 0.1) is 0 Å². The average Bonchev–Trinajstić information content (AvgIpc) is 2.20. The van der Waals surface area contributed by atoms with Crippen molar-refractivity contribution in [1.82, 2.24) is 4.90 Å². The van der Waals surface area contributed by atoms with E-state index >= 15 is 0 Å². The van der Waals surface area contributed by atoms with Crippen molar-refractivity contribution in [2.75, 3.05) is 26.3 Å². The lowest BCUT2D eigenvalue weighted by Crippen LogP contribution is -2.43. The number of hydrogen-bond acceptors (Lipinski definition) is 3. The molecule has 0 aromatic heterocycles. The van der Waals surface area contributed by atoms with E-state index in [-0.39, 0.29) is 5.78 Å². The van der Waals surface area contributed by atoms with Crippen molar-refractivity contribution in [3.05, 3.63) is 12.2 Å². The van der Waals surface area contributed by atoms with E-state index in [1.807, 2.05) is 6.08 Å². The molecule has 1 aliphatic carbocycles. The van der Waals surface area contributed by atoms with Gasteiger partial charge in [0.1, 0.15) is 0 Å². The smallest absolute Gasteiger partial charge is 0.155 e. The highest BCUT2D eigenvalue weighted by Crippen LogP contribution is 2.15. The maximum Gasteiger partial charge on any atom is 0.155 e. The molecular formula is C10H15NO2. The molecule has 2 rings (SSSR count). The molecule has 1 unspecified atom stereocenters. The molecule has 2 aliphatic rings. The van der Waals surface area contributed by atoms with Gasteiger partial charge in [-0.3, -0.25) is 9.69 Å². The number of hydrogen-bond donors (Lipinski definition) is 0. The van der Waals surface area contributed by atoms with Crippen molar-refractivity contribution in [1.29, 1.82) is 0 Å². The molecular weight excluding hydrogens is 166 g/mol. The number of morpholine rings is 1. The van der Waals surface area contributed by atoms with Crippen LogP contribution < -0.4 is 0 Å². The van der Waals surface area contributed by atoms with Crippen molar-refractivity contribution in [2.24, 2.45) is 0 Å². The van der Waals surface area contributed by atoms with E-state index in [0.717, 1.165) is 32.7 Å². The molecule has 0 aromatic carbocycles. The zero-order valence-corrected chi connectivity index (χ0v) is 7.74. The van der Waals surface area contributed by atoms with Crippen LogP contribution in [0.5, 0.6) is 0 Å². The highest BCUT2D eigenvalue weighted by atomic mass is 16.5. The highest BCUT2D eigenvalue weighted by Gasteiger charge is 2.21. The van der Waals surface area contributed by atoms with Crippen LogP contribution in [-0.4, -0.2) is 43.0 Å². The molecule has 0 bridgehead atoms. The fourth-order valence-electron chi connectivity index (χ4n) is 1.90. The van der Waals surface area contributed by atoms with Gasteiger partial charge in [0, 0.05) is 25.6 Å². The quantitative estimate of drug-likeness (QED) is 0.593. The van der Waals surface area contributed by atoms with Crippen molar-refractivity contribution < 1.29 is 9.53 Å². The lowest BCUT2D eigenvalue weighted by atomic mass is 10.0. The predicted molar refractivity (Wildman–Crippen MR) is 49.6 cm³/mol. The van der Waals surface area contributed by atoms with E-state index in [4.69, 9.17) is 4.74 Å². The zero-order valence-electron chi connectivity index (χ0n) is 7.74. The SMILES string of the molecule is O=C1C=CC(N2CCOCC2)CC1. The molecule has 1 atom stereocenters. The summed E-state index contributed by atoms with van der Waals surface area (Å²) in [6.07, 6.45) is 5.45. The molecule has 1 fully saturated rings. The first kappa shape index (κ1) is 8.91. The Hall–Kier alpha value is -0.670. The molecule has 0 spiro atoms. The lowest BCUT2D eigenvalue weighted by Gasteiger charge is -2.33. The Labute approximate surface area is 78.4 Å². The van der Waals surface area contributed by atoms with Crippen molar-refractivity contribution >= 4 is 5.78 Å². The van der Waals surface area contributed by atoms with Crippen LogP contribution in [0.3, 0.4) is 0 Å². The summed E-state index contributed by atoms with van der Waals surface area (Å²) in [6, 6.07) is 0.474. The summed E-state index contributed by atoms with van der Waals surface area (Å²) in [5.74, 6) is 0.268. The van der Waals surface area contributed by atoms with E-state index in [9.17, 15) is 4.79 Å². The lowest BCUT2D eigenvalue weighted by molar-refractivity contribution is -0.115. The van der Waals surface area contributed by atoms with E-state index in [1.165, 1.54) is 0 Å². The molecule has 0 radical (unpaired) electrons. The third-order valence-corrected chi connectivity index (χ3v) is 2.71. The second kappa shape index (κ2) is 4.03. The molecule has 0 saturated carbocycles. The minimum atomic E-state index is 0.268. The molecule has 1 heterocycles. The van der Waals surface area contributed by atoms with E-state index < -0.39 is 0 Å². The van der Waals surface area contributed by atoms with Gasteiger partial charge in [-0.25, -0.2) is 0 Å². The normalized spacial score (nSPS) is 30.8. The molecule has 0 aromatic rings. The van der Waals surface area contributed by atoms with Crippen LogP contribution >= 0.6 is 0 Å². The Morgan fingerprint density at radius 2 is 2.15 bits per heavy atom. The minimum Gasteiger partial charge on any atom is -0.379 e. The number of carbonyl (C=O) groups is 1. The van der Waals surface area contributed by atoms with Crippen molar-refractivity contribution in [3.8, 4) is 0 Å². The molecule has 3 heteroatoms. The number of carbonyl (C=O) groups excluding carboxylic acids is 1. The Morgan fingerprint density at radius 3 is 2.77 bits per heavy atom. The monoisotopic (exact) mass is 181 g/mol. The van der Waals surface area contributed by atoms with E-state index in [1.54, 1.807) is 6.08 Å². The van der Waals surface area contributed by atoms with Crippen LogP contribution in [-0.2, 0) is 9.53 Å². The first-order chi connectivity index (χ1) is 6.36. The number of ketones is 1. The van der Waals surface area contributed by atoms with Crippen LogP contribution in [0.1, 0.15) is 12.8 Å². The Kier molecular flexibility index (Phi) is 2.76. The van der Waals surface area contributed by atoms with Gasteiger partial charge in [-0.15, -0.1) is 0 Å². The summed E-state index contributed by atoms with van der Waals surface area (Å²) in [4.78, 5) is 13.4. The molecule has 3 nitrogen and oxygen atoms in total. The first-order valence-corrected chi connectivity index (χ1v) is 4.89. The molecule has 1 saturated heterocycles. The van der Waals surface area contributed by atoms with Crippen LogP contribution in [0.25, 0.3) is 0 Å². The molecule has 0 N–H and O–H groups in total. The van der Waals surface area contributed by atoms with Crippen molar-refractivity contribution in [2.45, 2.75) is 18.9 Å². The Bertz CT molecular complexity index is 219. The molecule has 72 valence electrons. The van der Waals surface area contributed by atoms with Crippen LogP contribution in [0.4, 0.5) is 0 Å². The highest BCUT2D eigenvalue weighted by molar-refractivity contribution is 5.90. The number of allylic oxidation sites excluding steroid dienone is 1. The molecule has 13 heavy (non-hydrogen) atoms. The second-order valence-corrected chi connectivity index (χ2v) is 3.58. The Balaban J connectivity index is 1.92. The zero-order chi connectivity index (χ0) is 9.10. The van der Waals surface area contributed by atoms with Gasteiger partial charge in [-0.2, -0.15) is 0 Å². The summed E-state index contributed by atoms with van der Waals surface area (Å²) in [5.41, 5.74) is 0. The van der Waals surface area contributed by atoms with Gasteiger partial charge in [-0.05, 0) is 12.5 Å². The third kappa shape index (κ3) is 2.17. The maximum atomic E-state index is 11.0. The third-order valence-electron chi connectivity index (χ3n) is 2.71. The summed E-state index contributed by atoms with van der Waals surface area (Å²) in [7, 11) is 0. The first-order valence-electron chi connectivity index (χ1n) is 4.89. The fraction of sp³-hybridized carbons (Fsp3) is 0.700. The standard InChI is InChI=1S/C10H15NO2/c12-10-3-1-9(2-4-10)11-5-7-13-8-6-11/h1,3,9H,2,4-8H2. The number of nitrogens with zero attached hydrogens (tertiary/aromatic N) is 1. The van der Waals surface area contributed by atoms with E-state index in [0.29, 0.717) is 12.5 Å². The summed E-state index contributed by atoms with van der Waals surface area (Å²) in [6.45, 7) is 3.67. The van der Waals surface area contributed by atoms with Gasteiger partial charge in [0.2, 0.25) is 0 Å². The fourth-order valence-corrected chi connectivity index (χ4v) is 1.90. The number of rotatable bonds is 1. The van der Waals surface area contributed by atoms with Crippen LogP contribution in [0.15, 0.2) is 12.2 Å². The molecule has 1 aliphatic heterocycles. The van der Waals surface area contributed by atoms with Gasteiger partial charge in [0.25, 0.3) is 0 Å². The van der Waals surface area contributed by atoms with Gasteiger partial charge in [0.05, 0.1) is 13.2 Å². The van der Waals surface area contributed by atoms with Crippen LogP contribution in [0.2, 0.25) is 0 Å². The van der Waals surface area contributed by atoms with E-state index in [2.05, 4.69) is 4.90 Å². The summed E-state index contributed by atoms with van der Waals surface area (Å²) < 4.78 is 5.28. The summed E-state index contributed by atoms with van der Waals surface area (Å²) in [5, 5.41) is 0. The summed E-state index contributed by atoms with van der Waals surface area (Å²) >= 11 is 0. The van der Waals surface area contributed by atoms with Gasteiger partial charge in [-0.1, -0.05) is 6.08 Å². The van der Waals surface area contributed by atoms with Gasteiger partial charge < -0.3 is 4.74 Å². The van der Waals surface area contributed by atoms with Gasteiger partial charge >= 0.3 is 0 Å². The van der Waals surface area contributed by atoms with Gasteiger partial charge in [0.15, 0.2) is 5.78 Å². The largest absolute Gasteiger partial charge is 0.379 e. The second-order valence-electron chi connectivity index (χ2n) is 3.58. The molecule has 0 amide bonds. The maximum absolute atomic E-state index is 11.0. The topological polar surface area (TPSA) is 29.5 Å². The Morgan fingerprint density at radius 1 is 1.38 bits per heavy atom. The average molecular weight is 181 g/mol. The predicted octanol–water partition coefficient (Wildman–Crippen LogP) is 0.606.